The molecule has 0 atom stereocenters. The first-order chi connectivity index (χ1) is 12.5. The van der Waals surface area contributed by atoms with E-state index < -0.39 is 0 Å². The van der Waals surface area contributed by atoms with Crippen molar-refractivity contribution in [1.29, 1.82) is 0 Å². The summed E-state index contributed by atoms with van der Waals surface area (Å²) in [5.41, 5.74) is 4.19. The lowest BCUT2D eigenvalue weighted by Crippen LogP contribution is -1.97. The Morgan fingerprint density at radius 3 is 2.77 bits per heavy atom. The Bertz CT molecular complexity index is 915. The molecule has 0 fully saturated rings. The van der Waals surface area contributed by atoms with Crippen molar-refractivity contribution >= 4 is 51.2 Å². The summed E-state index contributed by atoms with van der Waals surface area (Å²) >= 11 is 4.61. The van der Waals surface area contributed by atoms with Crippen LogP contribution in [0.25, 0.3) is 11.3 Å². The van der Waals surface area contributed by atoms with Gasteiger partial charge in [0.15, 0.2) is 5.13 Å². The number of carbonyl (C=O) groups excluding carboxylic acids is 1. The monoisotopic (exact) mass is 404 g/mol. The zero-order valence-corrected chi connectivity index (χ0v) is 17.5. The van der Waals surface area contributed by atoms with E-state index in [0.29, 0.717) is 10.8 Å². The second kappa shape index (κ2) is 8.24. The molecule has 3 aromatic rings. The lowest BCUT2D eigenvalue weighted by molar-refractivity contribution is 0.0606. The molecular weight excluding hydrogens is 384 g/mol. The van der Waals surface area contributed by atoms with E-state index in [1.165, 1.54) is 24.0 Å². The Morgan fingerprint density at radius 2 is 2.08 bits per heavy atom. The Morgan fingerprint density at radius 1 is 1.31 bits per heavy atom. The van der Waals surface area contributed by atoms with Crippen LogP contribution in [0, 0.1) is 0 Å². The third kappa shape index (κ3) is 3.95. The van der Waals surface area contributed by atoms with E-state index in [0.717, 1.165) is 26.3 Å². The Hall–Kier alpha value is -1.83. The first-order valence-electron chi connectivity index (χ1n) is 8.11. The zero-order valence-electron chi connectivity index (χ0n) is 15.0. The van der Waals surface area contributed by atoms with Crippen molar-refractivity contribution in [1.82, 2.24) is 4.98 Å². The molecule has 0 unspecified atom stereocenters. The molecule has 136 valence electrons. The molecule has 4 nitrogen and oxygen atoms in total. The average molecular weight is 405 g/mol. The minimum atomic E-state index is -0.309. The molecule has 2 heterocycles. The van der Waals surface area contributed by atoms with Crippen molar-refractivity contribution in [2.45, 2.75) is 24.0 Å². The zero-order chi connectivity index (χ0) is 18.7. The minimum Gasteiger partial charge on any atom is -0.465 e. The van der Waals surface area contributed by atoms with Crippen LogP contribution in [0.2, 0.25) is 0 Å². The largest absolute Gasteiger partial charge is 0.465 e. The predicted molar refractivity (Wildman–Crippen MR) is 112 cm³/mol. The maximum atomic E-state index is 11.8. The number of methoxy groups -OCH3 is 1. The molecule has 0 aliphatic rings. The van der Waals surface area contributed by atoms with E-state index >= 15 is 0 Å². The number of esters is 1. The first-order valence-corrected chi connectivity index (χ1v) is 11.0. The number of aromatic nitrogens is 1. The normalized spacial score (nSPS) is 11.0. The van der Waals surface area contributed by atoms with Crippen LogP contribution < -0.4 is 5.32 Å². The summed E-state index contributed by atoms with van der Waals surface area (Å²) < 4.78 is 5.90. The minimum absolute atomic E-state index is 0.309. The van der Waals surface area contributed by atoms with Gasteiger partial charge in [0.25, 0.3) is 0 Å². The smallest absolute Gasteiger partial charge is 0.348 e. The lowest BCUT2D eigenvalue weighted by Gasteiger charge is -2.12. The summed E-state index contributed by atoms with van der Waals surface area (Å²) in [7, 11) is 1.40. The number of thiazole rings is 1. The van der Waals surface area contributed by atoms with Gasteiger partial charge in [0, 0.05) is 16.6 Å². The number of nitrogens with one attached hydrogen (secondary N) is 1. The highest BCUT2D eigenvalue weighted by atomic mass is 32.2. The number of ether oxygens (including phenoxy) is 1. The van der Waals surface area contributed by atoms with Gasteiger partial charge in [-0.3, -0.25) is 0 Å². The number of thioether (sulfide) groups is 1. The van der Waals surface area contributed by atoms with E-state index in [9.17, 15) is 4.79 Å². The number of hydrogen-bond donors (Lipinski definition) is 1. The Balaban J connectivity index is 1.89. The maximum Gasteiger partial charge on any atom is 0.348 e. The fourth-order valence-corrected chi connectivity index (χ4v) is 5.12. The van der Waals surface area contributed by atoms with Gasteiger partial charge in [-0.2, -0.15) is 0 Å². The number of nitrogens with zero attached hydrogens (tertiary/aromatic N) is 1. The van der Waals surface area contributed by atoms with Gasteiger partial charge in [-0.25, -0.2) is 9.78 Å². The fraction of sp³-hybridized carbons (Fsp3) is 0.263. The van der Waals surface area contributed by atoms with Gasteiger partial charge < -0.3 is 10.1 Å². The van der Waals surface area contributed by atoms with Crippen LogP contribution in [0.1, 0.15) is 35.0 Å². The molecular formula is C19H20N2O2S3. The van der Waals surface area contributed by atoms with Gasteiger partial charge >= 0.3 is 5.97 Å². The van der Waals surface area contributed by atoms with Crippen LogP contribution in [0.3, 0.4) is 0 Å². The van der Waals surface area contributed by atoms with Crippen molar-refractivity contribution in [2.24, 2.45) is 0 Å². The third-order valence-corrected chi connectivity index (χ3v) is 6.88. The second-order valence-corrected chi connectivity index (χ2v) is 8.90. The van der Waals surface area contributed by atoms with Crippen LogP contribution >= 0.6 is 34.4 Å². The van der Waals surface area contributed by atoms with Crippen molar-refractivity contribution in [2.75, 3.05) is 18.7 Å². The quantitative estimate of drug-likeness (QED) is 0.389. The van der Waals surface area contributed by atoms with E-state index in [-0.39, 0.29) is 5.97 Å². The van der Waals surface area contributed by atoms with Gasteiger partial charge in [-0.05, 0) is 29.9 Å². The van der Waals surface area contributed by atoms with E-state index in [4.69, 9.17) is 9.72 Å². The predicted octanol–water partition coefficient (Wildman–Crippen LogP) is 6.25. The number of carbonyl (C=O) groups is 1. The summed E-state index contributed by atoms with van der Waals surface area (Å²) in [6.07, 6.45) is 2.00. The molecule has 0 aliphatic heterocycles. The molecule has 0 saturated carbocycles. The van der Waals surface area contributed by atoms with Crippen LogP contribution in [0.4, 0.5) is 10.8 Å². The third-order valence-electron chi connectivity index (χ3n) is 3.87. The van der Waals surface area contributed by atoms with Crippen molar-refractivity contribution < 1.29 is 9.53 Å². The van der Waals surface area contributed by atoms with Crippen molar-refractivity contribution in [3.8, 4) is 11.3 Å². The second-order valence-electron chi connectivity index (χ2n) is 5.91. The topological polar surface area (TPSA) is 51.2 Å². The average Bonchev–Trinajstić information content (AvgIpc) is 3.27. The molecule has 0 spiro atoms. The number of rotatable bonds is 6. The highest BCUT2D eigenvalue weighted by Crippen LogP contribution is 2.39. The maximum absolute atomic E-state index is 11.8. The van der Waals surface area contributed by atoms with Gasteiger partial charge in [0.2, 0.25) is 0 Å². The van der Waals surface area contributed by atoms with Gasteiger partial charge in [0.1, 0.15) is 4.88 Å². The summed E-state index contributed by atoms with van der Waals surface area (Å²) in [5, 5.41) is 6.29. The summed E-state index contributed by atoms with van der Waals surface area (Å²) in [5.74, 6) is 0.122. The van der Waals surface area contributed by atoms with Crippen LogP contribution in [0.15, 0.2) is 39.9 Å². The van der Waals surface area contributed by atoms with Crippen LogP contribution in [0.5, 0.6) is 0 Å². The van der Waals surface area contributed by atoms with E-state index in [2.05, 4.69) is 37.4 Å². The number of para-hydroxylation sites is 1. The van der Waals surface area contributed by atoms with Gasteiger partial charge in [-0.15, -0.1) is 34.4 Å². The van der Waals surface area contributed by atoms with Crippen molar-refractivity contribution in [3.63, 3.8) is 0 Å². The molecule has 0 radical (unpaired) electrons. The molecule has 1 aromatic carbocycles. The van der Waals surface area contributed by atoms with E-state index in [1.54, 1.807) is 23.1 Å². The molecule has 0 saturated heterocycles. The van der Waals surface area contributed by atoms with Crippen LogP contribution in [-0.2, 0) is 4.74 Å². The fourth-order valence-electron chi connectivity index (χ4n) is 2.59. The van der Waals surface area contributed by atoms with Crippen LogP contribution in [-0.4, -0.2) is 24.3 Å². The molecule has 1 N–H and O–H groups in total. The van der Waals surface area contributed by atoms with Crippen molar-refractivity contribution in [3.05, 3.63) is 46.2 Å². The SMILES string of the molecule is COC(=O)c1cc(-c2csc(Nc3ccccc3C(C)C)n2)c(SC)s1. The van der Waals surface area contributed by atoms with Gasteiger partial charge in [-0.1, -0.05) is 32.0 Å². The number of anilines is 2. The number of thiophene rings is 1. The number of hydrogen-bond acceptors (Lipinski definition) is 7. The molecule has 3 rings (SSSR count). The molecule has 7 heteroatoms. The van der Waals surface area contributed by atoms with Gasteiger partial charge in [0.05, 0.1) is 17.0 Å². The Kier molecular flexibility index (Phi) is 6.01. The summed E-state index contributed by atoms with van der Waals surface area (Å²) in [4.78, 5) is 17.2. The molecule has 0 bridgehead atoms. The summed E-state index contributed by atoms with van der Waals surface area (Å²) in [6.45, 7) is 4.36. The number of benzene rings is 1. The molecule has 0 amide bonds. The molecule has 0 aliphatic carbocycles. The van der Waals surface area contributed by atoms with E-state index in [1.807, 2.05) is 23.8 Å². The molecule has 26 heavy (non-hydrogen) atoms. The lowest BCUT2D eigenvalue weighted by atomic mass is 10.0. The summed E-state index contributed by atoms with van der Waals surface area (Å²) in [6, 6.07) is 10.1. The standard InChI is InChI=1S/C19H20N2O2S3/c1-11(2)12-7-5-6-8-14(12)20-19-21-15(10-25-19)13-9-16(17(22)23-3)26-18(13)24-4/h5-11H,1-4H3,(H,20,21). The molecule has 2 aromatic heterocycles. The highest BCUT2D eigenvalue weighted by molar-refractivity contribution is 8.00. The highest BCUT2D eigenvalue weighted by Gasteiger charge is 2.18. The first kappa shape index (κ1) is 18.9. The Labute approximate surface area is 165 Å².